The third-order valence-electron chi connectivity index (χ3n) is 5.58. The summed E-state index contributed by atoms with van der Waals surface area (Å²) in [5, 5.41) is 26.7. The van der Waals surface area contributed by atoms with E-state index in [-0.39, 0.29) is 40.3 Å². The molecule has 5 rings (SSSR count). The average Bonchev–Trinajstić information content (AvgIpc) is 3.42. The third kappa shape index (κ3) is 5.93. The van der Waals surface area contributed by atoms with Gasteiger partial charge < -0.3 is 25.4 Å². The van der Waals surface area contributed by atoms with E-state index in [2.05, 4.69) is 30.7 Å². The van der Waals surface area contributed by atoms with Crippen molar-refractivity contribution in [1.29, 1.82) is 0 Å². The summed E-state index contributed by atoms with van der Waals surface area (Å²) in [6.45, 7) is 0.364. The first kappa shape index (κ1) is 27.0. The summed E-state index contributed by atoms with van der Waals surface area (Å²) in [7, 11) is -2.45. The summed E-state index contributed by atoms with van der Waals surface area (Å²) in [5.74, 6) is -0.645. The second-order valence-electron chi connectivity index (χ2n) is 8.05. The lowest BCUT2D eigenvalue weighted by molar-refractivity contribution is 0.136. The average molecular weight is 547 g/mol. The van der Waals surface area contributed by atoms with Crippen molar-refractivity contribution < 1.29 is 31.9 Å². The Morgan fingerprint density at radius 3 is 2.61 bits per heavy atom. The number of alkyl halides is 2. The number of sulfone groups is 1. The molecule has 38 heavy (non-hydrogen) atoms. The number of hydrogen-bond acceptors (Lipinski definition) is 11. The van der Waals surface area contributed by atoms with Gasteiger partial charge >= 0.3 is 6.43 Å². The van der Waals surface area contributed by atoms with Gasteiger partial charge in [0.25, 0.3) is 5.89 Å². The van der Waals surface area contributed by atoms with Gasteiger partial charge in [0.15, 0.2) is 9.84 Å². The van der Waals surface area contributed by atoms with Gasteiger partial charge in [-0.1, -0.05) is 35.5 Å². The number of halogens is 2. The molecule has 4 N–H and O–H groups in total. The van der Waals surface area contributed by atoms with Gasteiger partial charge in [-0.2, -0.15) is 9.97 Å². The van der Waals surface area contributed by atoms with Crippen molar-refractivity contribution in [3.05, 3.63) is 71.7 Å². The first-order valence-corrected chi connectivity index (χ1v) is 13.0. The van der Waals surface area contributed by atoms with Crippen LogP contribution in [0, 0.1) is 0 Å². The summed E-state index contributed by atoms with van der Waals surface area (Å²) in [6, 6.07) is 14.0. The highest BCUT2D eigenvalue weighted by Crippen LogP contribution is 2.35. The maximum Gasteiger partial charge on any atom is 0.300 e. The van der Waals surface area contributed by atoms with Crippen molar-refractivity contribution >= 4 is 27.3 Å². The van der Waals surface area contributed by atoms with Crippen LogP contribution in [0.3, 0.4) is 0 Å². The van der Waals surface area contributed by atoms with Crippen LogP contribution in [0.5, 0.6) is 0 Å². The van der Waals surface area contributed by atoms with Crippen LogP contribution in [0.2, 0.25) is 0 Å². The molecule has 0 aliphatic carbocycles. The molecule has 11 nitrogen and oxygen atoms in total. The van der Waals surface area contributed by atoms with Crippen molar-refractivity contribution in [3.8, 4) is 11.5 Å². The summed E-state index contributed by atoms with van der Waals surface area (Å²) >= 11 is 0. The molecule has 0 saturated carbocycles. The van der Waals surface area contributed by atoms with Gasteiger partial charge in [-0.15, -0.1) is 0 Å². The van der Waals surface area contributed by atoms with Gasteiger partial charge in [-0.3, -0.25) is 0 Å². The minimum absolute atomic E-state index is 0.0968. The molecule has 1 aliphatic rings. The molecule has 200 valence electrons. The number of aromatic nitrogens is 4. The van der Waals surface area contributed by atoms with Gasteiger partial charge in [-0.25, -0.2) is 22.2 Å². The smallest absolute Gasteiger partial charge is 0.300 e. The summed E-state index contributed by atoms with van der Waals surface area (Å²) < 4.78 is 55.5. The molecule has 14 heteroatoms. The number of benzene rings is 2. The molecule has 0 amide bonds. The summed E-state index contributed by atoms with van der Waals surface area (Å²) in [4.78, 5) is 12.5. The predicted molar refractivity (Wildman–Crippen MR) is 134 cm³/mol. The zero-order chi connectivity index (χ0) is 27.3. The second kappa shape index (κ2) is 11.6. The highest BCUT2D eigenvalue weighted by atomic mass is 32.2. The molecule has 0 radical (unpaired) electrons. The molecule has 3 heterocycles. The quantitative estimate of drug-likeness (QED) is 0.268. The second-order valence-corrected chi connectivity index (χ2v) is 10.1. The van der Waals surface area contributed by atoms with E-state index in [9.17, 15) is 22.3 Å². The first-order chi connectivity index (χ1) is 18.3. The zero-order valence-corrected chi connectivity index (χ0v) is 20.9. The number of fused-ring (bicyclic) bond motifs is 1. The van der Waals surface area contributed by atoms with Gasteiger partial charge in [0, 0.05) is 31.1 Å². The maximum absolute atomic E-state index is 13.0. The minimum atomic E-state index is -3.45. The Balaban J connectivity index is 0.00000164. The van der Waals surface area contributed by atoms with Crippen molar-refractivity contribution in [3.63, 3.8) is 0 Å². The van der Waals surface area contributed by atoms with Crippen LogP contribution in [0.1, 0.15) is 35.9 Å². The van der Waals surface area contributed by atoms with Crippen LogP contribution in [-0.4, -0.2) is 51.6 Å². The Labute approximate surface area is 216 Å². The zero-order valence-electron chi connectivity index (χ0n) is 20.0. The Morgan fingerprint density at radius 2 is 1.89 bits per heavy atom. The first-order valence-electron chi connectivity index (χ1n) is 11.3. The number of aliphatic hydroxyl groups excluding tert-OH is 2. The van der Waals surface area contributed by atoms with Gasteiger partial charge in [0.05, 0.1) is 16.8 Å². The molecule has 0 spiro atoms. The normalized spacial score (nSPS) is 15.8. The van der Waals surface area contributed by atoms with E-state index in [1.165, 1.54) is 18.3 Å². The van der Waals surface area contributed by atoms with E-state index in [1.54, 1.807) is 6.07 Å². The van der Waals surface area contributed by atoms with Crippen LogP contribution in [0.4, 0.5) is 26.2 Å². The fraction of sp³-hybridized carbons (Fsp3) is 0.250. The van der Waals surface area contributed by atoms with Crippen molar-refractivity contribution in [2.45, 2.75) is 30.4 Å². The predicted octanol–water partition coefficient (Wildman–Crippen LogP) is 3.64. The Bertz CT molecular complexity index is 1500. The Morgan fingerprint density at radius 1 is 1.13 bits per heavy atom. The standard InChI is InChI=1S/C23H20F2N6O4S.CH4O/c24-19(25)21-29-22(35-31-21)16-12-27-23(30-20(16)26-11-13-4-2-1-3-5-13)28-14-6-7-18-15(10-14)17(32)8-9-36(18,33)34;1-2/h1-7,10,12,17,19,32H,8-9,11H2,(H2,26,27,28,30);2H,1H3. The number of nitrogens with zero attached hydrogens (tertiary/aromatic N) is 4. The monoisotopic (exact) mass is 546 g/mol. The van der Waals surface area contributed by atoms with Crippen LogP contribution < -0.4 is 10.6 Å². The van der Waals surface area contributed by atoms with Gasteiger partial charge in [0.1, 0.15) is 11.4 Å². The number of anilines is 3. The highest BCUT2D eigenvalue weighted by molar-refractivity contribution is 7.91. The lowest BCUT2D eigenvalue weighted by Gasteiger charge is -2.22. The van der Waals surface area contributed by atoms with Crippen LogP contribution >= 0.6 is 0 Å². The molecule has 0 saturated heterocycles. The fourth-order valence-electron chi connectivity index (χ4n) is 3.78. The van der Waals surface area contributed by atoms with Crippen LogP contribution in [0.25, 0.3) is 11.5 Å². The summed E-state index contributed by atoms with van der Waals surface area (Å²) in [5.41, 5.74) is 1.93. The lowest BCUT2D eigenvalue weighted by atomic mass is 10.1. The van der Waals surface area contributed by atoms with E-state index < -0.39 is 28.2 Å². The van der Waals surface area contributed by atoms with E-state index in [4.69, 9.17) is 9.63 Å². The van der Waals surface area contributed by atoms with Crippen LogP contribution in [0.15, 0.2) is 64.1 Å². The lowest BCUT2D eigenvalue weighted by Crippen LogP contribution is -2.20. The molecule has 1 atom stereocenters. The van der Waals surface area contributed by atoms with E-state index in [1.807, 2.05) is 30.3 Å². The molecule has 4 aromatic rings. The van der Waals surface area contributed by atoms with Gasteiger partial charge in [0.2, 0.25) is 11.8 Å². The number of nitrogens with one attached hydrogen (secondary N) is 2. The topological polar surface area (TPSA) is 163 Å². The van der Waals surface area contributed by atoms with E-state index >= 15 is 0 Å². The molecule has 0 bridgehead atoms. The van der Waals surface area contributed by atoms with E-state index in [0.29, 0.717) is 17.8 Å². The number of rotatable bonds is 7. The summed E-state index contributed by atoms with van der Waals surface area (Å²) in [6.07, 6.45) is -2.34. The molecular weight excluding hydrogens is 522 g/mol. The highest BCUT2D eigenvalue weighted by Gasteiger charge is 2.29. The minimum Gasteiger partial charge on any atom is -0.400 e. The molecule has 1 aliphatic heterocycles. The van der Waals surface area contributed by atoms with Crippen LogP contribution in [-0.2, 0) is 16.4 Å². The molecule has 2 aromatic carbocycles. The van der Waals surface area contributed by atoms with Crippen molar-refractivity contribution in [1.82, 2.24) is 20.1 Å². The largest absolute Gasteiger partial charge is 0.400 e. The molecule has 1 unspecified atom stereocenters. The van der Waals surface area contributed by atoms with Gasteiger partial charge in [-0.05, 0) is 30.2 Å². The Hall–Kier alpha value is -4.01. The molecule has 0 fully saturated rings. The van der Waals surface area contributed by atoms with Crippen molar-refractivity contribution in [2.24, 2.45) is 0 Å². The molecular formula is C24H24F2N6O5S. The SMILES string of the molecule is CO.O=S1(=O)CCC(O)c2cc(Nc3ncc(-c4nc(C(F)F)no4)c(NCc4ccccc4)n3)ccc21. The van der Waals surface area contributed by atoms with Crippen molar-refractivity contribution in [2.75, 3.05) is 23.5 Å². The fourth-order valence-corrected chi connectivity index (χ4v) is 5.36. The number of aliphatic hydroxyl groups is 2. The maximum atomic E-state index is 13.0. The number of hydrogen-bond donors (Lipinski definition) is 4. The van der Waals surface area contributed by atoms with E-state index in [0.717, 1.165) is 12.7 Å². The molecule has 2 aromatic heterocycles. The third-order valence-corrected chi connectivity index (χ3v) is 7.39. The Kier molecular flexibility index (Phi) is 8.24.